The number of aromatic amines is 1. The fourth-order valence-corrected chi connectivity index (χ4v) is 1.65. The molecule has 88 valence electrons. The number of hydrogen-bond donors (Lipinski definition) is 2. The molecule has 1 heterocycles. The van der Waals surface area contributed by atoms with E-state index in [1.807, 2.05) is 26.0 Å². The highest BCUT2D eigenvalue weighted by atomic mass is 16.1. The second kappa shape index (κ2) is 4.73. The van der Waals surface area contributed by atoms with Crippen molar-refractivity contribution in [3.8, 4) is 0 Å². The number of carbonyl (C=O) groups is 1. The summed E-state index contributed by atoms with van der Waals surface area (Å²) in [6, 6.07) is 5.89. The summed E-state index contributed by atoms with van der Waals surface area (Å²) < 4.78 is 0. The van der Waals surface area contributed by atoms with E-state index < -0.39 is 0 Å². The summed E-state index contributed by atoms with van der Waals surface area (Å²) in [7, 11) is 0. The lowest BCUT2D eigenvalue weighted by molar-refractivity contribution is -0.115. The predicted molar refractivity (Wildman–Crippen MR) is 62.4 cm³/mol. The van der Waals surface area contributed by atoms with Crippen LogP contribution in [0.1, 0.15) is 17.0 Å². The molecule has 1 amide bonds. The Hall–Kier alpha value is -2.24. The molecule has 2 N–H and O–H groups in total. The van der Waals surface area contributed by atoms with E-state index in [-0.39, 0.29) is 12.3 Å². The number of H-pyrrole nitrogens is 1. The number of nitrogens with one attached hydrogen (secondary N) is 2. The number of rotatable bonds is 3. The van der Waals surface area contributed by atoms with Gasteiger partial charge >= 0.3 is 0 Å². The van der Waals surface area contributed by atoms with Crippen LogP contribution in [0, 0.1) is 13.8 Å². The minimum Gasteiger partial charge on any atom is -0.326 e. The maximum atomic E-state index is 11.7. The number of carbonyl (C=O) groups excluding carboxylic acids is 1. The topological polar surface area (TPSA) is 83.6 Å². The van der Waals surface area contributed by atoms with Crippen LogP contribution in [0.5, 0.6) is 0 Å². The number of amides is 1. The molecule has 0 saturated heterocycles. The van der Waals surface area contributed by atoms with Crippen LogP contribution in [0.15, 0.2) is 18.2 Å². The summed E-state index contributed by atoms with van der Waals surface area (Å²) in [5.74, 6) is 0.225. The summed E-state index contributed by atoms with van der Waals surface area (Å²) in [5, 5.41) is 16.0. The van der Waals surface area contributed by atoms with Crippen molar-refractivity contribution < 1.29 is 4.79 Å². The van der Waals surface area contributed by atoms with E-state index in [9.17, 15) is 4.79 Å². The molecule has 0 unspecified atom stereocenters. The zero-order valence-corrected chi connectivity index (χ0v) is 9.69. The third kappa shape index (κ3) is 3.10. The van der Waals surface area contributed by atoms with Gasteiger partial charge in [0.15, 0.2) is 5.82 Å². The van der Waals surface area contributed by atoms with E-state index in [2.05, 4.69) is 32.0 Å². The summed E-state index contributed by atoms with van der Waals surface area (Å²) in [5.41, 5.74) is 3.01. The Labute approximate surface area is 98.4 Å². The molecular formula is C11H13N5O. The van der Waals surface area contributed by atoms with Crippen molar-refractivity contribution in [1.29, 1.82) is 0 Å². The van der Waals surface area contributed by atoms with Crippen LogP contribution < -0.4 is 5.32 Å². The van der Waals surface area contributed by atoms with Crippen LogP contribution in [-0.4, -0.2) is 26.5 Å². The van der Waals surface area contributed by atoms with Crippen molar-refractivity contribution in [3.63, 3.8) is 0 Å². The van der Waals surface area contributed by atoms with Gasteiger partial charge in [0.1, 0.15) is 0 Å². The standard InChI is InChI=1S/C11H13N5O/c1-7-3-8(2)5-9(4-7)12-11(17)6-10-13-15-16-14-10/h3-5H,6H2,1-2H3,(H,12,17)(H,13,14,15,16). The molecule has 0 saturated carbocycles. The number of aromatic nitrogens is 4. The van der Waals surface area contributed by atoms with Gasteiger partial charge < -0.3 is 5.32 Å². The number of hydrogen-bond acceptors (Lipinski definition) is 4. The largest absolute Gasteiger partial charge is 0.326 e. The zero-order chi connectivity index (χ0) is 12.3. The Balaban J connectivity index is 2.03. The number of aryl methyl sites for hydroxylation is 2. The first-order valence-electron chi connectivity index (χ1n) is 5.24. The zero-order valence-electron chi connectivity index (χ0n) is 9.69. The Kier molecular flexibility index (Phi) is 3.13. The van der Waals surface area contributed by atoms with Gasteiger partial charge in [0.2, 0.25) is 5.91 Å². The average Bonchev–Trinajstić information content (AvgIpc) is 2.67. The molecule has 0 aliphatic carbocycles. The highest BCUT2D eigenvalue weighted by Crippen LogP contribution is 2.13. The Morgan fingerprint density at radius 1 is 1.29 bits per heavy atom. The molecule has 0 radical (unpaired) electrons. The van der Waals surface area contributed by atoms with Crippen LogP contribution in [0.25, 0.3) is 0 Å². The third-order valence-corrected chi connectivity index (χ3v) is 2.21. The number of anilines is 1. The minimum absolute atomic E-state index is 0.115. The van der Waals surface area contributed by atoms with Crippen molar-refractivity contribution >= 4 is 11.6 Å². The fourth-order valence-electron chi connectivity index (χ4n) is 1.65. The molecule has 0 aliphatic rings. The Morgan fingerprint density at radius 3 is 2.59 bits per heavy atom. The van der Waals surface area contributed by atoms with Gasteiger partial charge in [-0.25, -0.2) is 0 Å². The van der Waals surface area contributed by atoms with Crippen LogP contribution in [-0.2, 0) is 11.2 Å². The molecule has 0 aliphatic heterocycles. The van der Waals surface area contributed by atoms with E-state index in [0.717, 1.165) is 16.8 Å². The SMILES string of the molecule is Cc1cc(C)cc(NC(=O)Cc2nn[nH]n2)c1. The van der Waals surface area contributed by atoms with Gasteiger partial charge in [0.05, 0.1) is 6.42 Å². The molecule has 0 fully saturated rings. The van der Waals surface area contributed by atoms with Crippen LogP contribution >= 0.6 is 0 Å². The first kappa shape index (κ1) is 11.3. The van der Waals surface area contributed by atoms with Crippen LogP contribution in [0.3, 0.4) is 0 Å². The first-order chi connectivity index (χ1) is 8.13. The number of nitrogens with zero attached hydrogens (tertiary/aromatic N) is 3. The lowest BCUT2D eigenvalue weighted by atomic mass is 10.1. The van der Waals surface area contributed by atoms with Crippen molar-refractivity contribution in [2.45, 2.75) is 20.3 Å². The molecule has 0 atom stereocenters. The molecule has 17 heavy (non-hydrogen) atoms. The number of benzene rings is 1. The third-order valence-electron chi connectivity index (χ3n) is 2.21. The molecular weight excluding hydrogens is 218 g/mol. The lowest BCUT2D eigenvalue weighted by Gasteiger charge is -2.06. The van der Waals surface area contributed by atoms with E-state index in [1.54, 1.807) is 0 Å². The van der Waals surface area contributed by atoms with Crippen molar-refractivity contribution in [2.75, 3.05) is 5.32 Å². The van der Waals surface area contributed by atoms with Gasteiger partial charge in [-0.3, -0.25) is 4.79 Å². The highest BCUT2D eigenvalue weighted by molar-refractivity contribution is 5.91. The fraction of sp³-hybridized carbons (Fsp3) is 0.273. The monoisotopic (exact) mass is 231 g/mol. The van der Waals surface area contributed by atoms with Gasteiger partial charge in [-0.1, -0.05) is 11.3 Å². The van der Waals surface area contributed by atoms with Crippen molar-refractivity contribution in [2.24, 2.45) is 0 Å². The van der Waals surface area contributed by atoms with Gasteiger partial charge in [-0.2, -0.15) is 5.21 Å². The maximum absolute atomic E-state index is 11.7. The van der Waals surface area contributed by atoms with Crippen LogP contribution in [0.2, 0.25) is 0 Å². The average molecular weight is 231 g/mol. The molecule has 6 nitrogen and oxygen atoms in total. The Bertz CT molecular complexity index is 500. The van der Waals surface area contributed by atoms with E-state index >= 15 is 0 Å². The molecule has 2 rings (SSSR count). The maximum Gasteiger partial charge on any atom is 0.232 e. The second-order valence-corrected chi connectivity index (χ2v) is 3.93. The summed E-state index contributed by atoms with van der Waals surface area (Å²) in [4.78, 5) is 11.7. The van der Waals surface area contributed by atoms with Gasteiger partial charge in [0.25, 0.3) is 0 Å². The van der Waals surface area contributed by atoms with Gasteiger partial charge in [0, 0.05) is 5.69 Å². The van der Waals surface area contributed by atoms with E-state index in [4.69, 9.17) is 0 Å². The highest BCUT2D eigenvalue weighted by Gasteiger charge is 2.07. The Morgan fingerprint density at radius 2 is 2.00 bits per heavy atom. The summed E-state index contributed by atoms with van der Waals surface area (Å²) >= 11 is 0. The second-order valence-electron chi connectivity index (χ2n) is 3.93. The smallest absolute Gasteiger partial charge is 0.232 e. The number of tetrazole rings is 1. The quantitative estimate of drug-likeness (QED) is 0.825. The van der Waals surface area contributed by atoms with Gasteiger partial charge in [-0.05, 0) is 37.1 Å². The van der Waals surface area contributed by atoms with E-state index in [0.29, 0.717) is 5.82 Å². The lowest BCUT2D eigenvalue weighted by Crippen LogP contribution is -2.15. The molecule has 6 heteroatoms. The molecule has 0 bridgehead atoms. The van der Waals surface area contributed by atoms with Crippen LogP contribution in [0.4, 0.5) is 5.69 Å². The molecule has 2 aromatic rings. The first-order valence-corrected chi connectivity index (χ1v) is 5.24. The van der Waals surface area contributed by atoms with E-state index in [1.165, 1.54) is 0 Å². The normalized spacial score (nSPS) is 10.2. The summed E-state index contributed by atoms with van der Waals surface area (Å²) in [6.07, 6.45) is 0.115. The van der Waals surface area contributed by atoms with Crippen molar-refractivity contribution in [3.05, 3.63) is 35.2 Å². The molecule has 1 aromatic carbocycles. The molecule has 0 spiro atoms. The van der Waals surface area contributed by atoms with Gasteiger partial charge in [-0.15, -0.1) is 10.2 Å². The van der Waals surface area contributed by atoms with Crippen molar-refractivity contribution in [1.82, 2.24) is 20.6 Å². The molecule has 1 aromatic heterocycles. The predicted octanol–water partition coefficient (Wildman–Crippen LogP) is 0.998. The summed E-state index contributed by atoms with van der Waals surface area (Å²) in [6.45, 7) is 3.98. The minimum atomic E-state index is -0.156.